The highest BCUT2D eigenvalue weighted by molar-refractivity contribution is 5.44. The van der Waals surface area contributed by atoms with Crippen LogP contribution in [0.5, 0.6) is 5.75 Å². The summed E-state index contributed by atoms with van der Waals surface area (Å²) in [6, 6.07) is 4.75. The SMILES string of the molecule is CCCNCCOc1ccc(C(F)(F)F)c(C#N)c1. The number of hydrogen-bond donors (Lipinski definition) is 1. The lowest BCUT2D eigenvalue weighted by atomic mass is 10.1. The molecule has 0 aliphatic carbocycles. The second-order valence-corrected chi connectivity index (χ2v) is 3.92. The van der Waals surface area contributed by atoms with Gasteiger partial charge in [-0.05, 0) is 31.2 Å². The number of halogens is 3. The number of alkyl halides is 3. The van der Waals surface area contributed by atoms with E-state index in [-0.39, 0.29) is 5.75 Å². The number of benzene rings is 1. The molecule has 0 aliphatic rings. The molecule has 3 nitrogen and oxygen atoms in total. The van der Waals surface area contributed by atoms with Crippen LogP contribution in [-0.4, -0.2) is 19.7 Å². The molecule has 0 bridgehead atoms. The normalized spacial score (nSPS) is 11.1. The van der Waals surface area contributed by atoms with Gasteiger partial charge in [0.15, 0.2) is 0 Å². The third-order valence-corrected chi connectivity index (χ3v) is 2.39. The van der Waals surface area contributed by atoms with Gasteiger partial charge >= 0.3 is 6.18 Å². The van der Waals surface area contributed by atoms with Crippen LogP contribution in [0, 0.1) is 11.3 Å². The first-order valence-electron chi connectivity index (χ1n) is 5.94. The van der Waals surface area contributed by atoms with Gasteiger partial charge in [-0.15, -0.1) is 0 Å². The fraction of sp³-hybridized carbons (Fsp3) is 0.462. The van der Waals surface area contributed by atoms with Crippen LogP contribution in [0.25, 0.3) is 0 Å². The summed E-state index contributed by atoms with van der Waals surface area (Å²) in [5.41, 5.74) is -1.36. The van der Waals surface area contributed by atoms with Crippen LogP contribution in [0.3, 0.4) is 0 Å². The summed E-state index contributed by atoms with van der Waals surface area (Å²) < 4.78 is 43.0. The molecule has 1 aromatic carbocycles. The molecule has 0 fully saturated rings. The third kappa shape index (κ3) is 4.79. The molecule has 104 valence electrons. The van der Waals surface area contributed by atoms with Gasteiger partial charge in [-0.25, -0.2) is 0 Å². The van der Waals surface area contributed by atoms with Crippen molar-refractivity contribution in [3.05, 3.63) is 29.3 Å². The lowest BCUT2D eigenvalue weighted by molar-refractivity contribution is -0.137. The summed E-state index contributed by atoms with van der Waals surface area (Å²) in [4.78, 5) is 0. The van der Waals surface area contributed by atoms with E-state index in [1.165, 1.54) is 12.1 Å². The number of nitrogens with zero attached hydrogens (tertiary/aromatic N) is 1. The summed E-state index contributed by atoms with van der Waals surface area (Å²) >= 11 is 0. The highest BCUT2D eigenvalue weighted by Crippen LogP contribution is 2.33. The van der Waals surface area contributed by atoms with Crippen molar-refractivity contribution in [2.75, 3.05) is 19.7 Å². The Balaban J connectivity index is 2.65. The average Bonchev–Trinajstić information content (AvgIpc) is 2.37. The minimum absolute atomic E-state index is 0.267. The zero-order valence-corrected chi connectivity index (χ0v) is 10.5. The van der Waals surface area contributed by atoms with Gasteiger partial charge in [-0.3, -0.25) is 0 Å². The molecule has 0 amide bonds. The smallest absolute Gasteiger partial charge is 0.417 e. The zero-order valence-electron chi connectivity index (χ0n) is 10.5. The van der Waals surface area contributed by atoms with Crippen molar-refractivity contribution in [1.82, 2.24) is 5.32 Å². The minimum Gasteiger partial charge on any atom is -0.492 e. The summed E-state index contributed by atoms with van der Waals surface area (Å²) in [5.74, 6) is 0.267. The van der Waals surface area contributed by atoms with Crippen molar-refractivity contribution < 1.29 is 17.9 Å². The second-order valence-electron chi connectivity index (χ2n) is 3.92. The first kappa shape index (κ1) is 15.3. The molecule has 0 atom stereocenters. The van der Waals surface area contributed by atoms with Crippen LogP contribution in [0.2, 0.25) is 0 Å². The molecule has 0 unspecified atom stereocenters. The summed E-state index contributed by atoms with van der Waals surface area (Å²) in [6.45, 7) is 3.84. The maximum Gasteiger partial charge on any atom is 0.417 e. The van der Waals surface area contributed by atoms with E-state index in [2.05, 4.69) is 5.32 Å². The zero-order chi connectivity index (χ0) is 14.3. The van der Waals surface area contributed by atoms with E-state index in [4.69, 9.17) is 10.00 Å². The van der Waals surface area contributed by atoms with Crippen LogP contribution in [0.1, 0.15) is 24.5 Å². The maximum atomic E-state index is 12.6. The number of nitriles is 1. The standard InChI is InChI=1S/C13H15F3N2O/c1-2-5-18-6-7-19-11-3-4-12(13(14,15)16)10(8-11)9-17/h3-4,8,18H,2,5-7H2,1H3. The molecular weight excluding hydrogens is 257 g/mol. The molecule has 1 N–H and O–H groups in total. The lowest BCUT2D eigenvalue weighted by Crippen LogP contribution is -2.21. The Labute approximate surface area is 110 Å². The van der Waals surface area contributed by atoms with Crippen LogP contribution in [0.4, 0.5) is 13.2 Å². The van der Waals surface area contributed by atoms with Gasteiger partial charge in [0.2, 0.25) is 0 Å². The van der Waals surface area contributed by atoms with Crippen molar-refractivity contribution >= 4 is 0 Å². The average molecular weight is 272 g/mol. The number of rotatable bonds is 6. The maximum absolute atomic E-state index is 12.6. The topological polar surface area (TPSA) is 45.0 Å². The molecule has 0 aromatic heterocycles. The number of hydrogen-bond acceptors (Lipinski definition) is 3. The fourth-order valence-electron chi connectivity index (χ4n) is 1.50. The number of nitrogens with one attached hydrogen (secondary N) is 1. The molecule has 0 heterocycles. The number of ether oxygens (including phenoxy) is 1. The highest BCUT2D eigenvalue weighted by atomic mass is 19.4. The van der Waals surface area contributed by atoms with Gasteiger partial charge in [0.1, 0.15) is 12.4 Å². The molecule has 0 saturated carbocycles. The minimum atomic E-state index is -4.52. The Hall–Kier alpha value is -1.74. The largest absolute Gasteiger partial charge is 0.492 e. The Kier molecular flexibility index (Phi) is 5.64. The van der Waals surface area contributed by atoms with E-state index in [9.17, 15) is 13.2 Å². The van der Waals surface area contributed by atoms with Gasteiger partial charge < -0.3 is 10.1 Å². The monoisotopic (exact) mass is 272 g/mol. The van der Waals surface area contributed by atoms with Gasteiger partial charge in [-0.2, -0.15) is 18.4 Å². The molecule has 0 radical (unpaired) electrons. The van der Waals surface area contributed by atoms with E-state index in [1.54, 1.807) is 0 Å². The van der Waals surface area contributed by atoms with Gasteiger partial charge in [0, 0.05) is 6.54 Å². The highest BCUT2D eigenvalue weighted by Gasteiger charge is 2.33. The Morgan fingerprint density at radius 1 is 1.32 bits per heavy atom. The van der Waals surface area contributed by atoms with Gasteiger partial charge in [-0.1, -0.05) is 6.92 Å². The van der Waals surface area contributed by atoms with E-state index < -0.39 is 17.3 Å². The van der Waals surface area contributed by atoms with E-state index in [0.29, 0.717) is 13.2 Å². The van der Waals surface area contributed by atoms with Crippen LogP contribution in [0.15, 0.2) is 18.2 Å². The van der Waals surface area contributed by atoms with E-state index >= 15 is 0 Å². The predicted molar refractivity (Wildman–Crippen MR) is 64.8 cm³/mol. The lowest BCUT2D eigenvalue weighted by Gasteiger charge is -2.11. The molecule has 0 aliphatic heterocycles. The third-order valence-electron chi connectivity index (χ3n) is 2.39. The van der Waals surface area contributed by atoms with Crippen LogP contribution in [-0.2, 0) is 6.18 Å². The molecule has 1 aromatic rings. The van der Waals surface area contributed by atoms with Gasteiger partial charge in [0.05, 0.1) is 17.2 Å². The quantitative estimate of drug-likeness (QED) is 0.810. The first-order chi connectivity index (χ1) is 8.99. The van der Waals surface area contributed by atoms with E-state index in [1.807, 2.05) is 6.92 Å². The van der Waals surface area contributed by atoms with E-state index in [0.717, 1.165) is 25.1 Å². The molecule has 0 saturated heterocycles. The predicted octanol–water partition coefficient (Wildman–Crippen LogP) is 2.96. The van der Waals surface area contributed by atoms with Gasteiger partial charge in [0.25, 0.3) is 0 Å². The fourth-order valence-corrected chi connectivity index (χ4v) is 1.50. The first-order valence-corrected chi connectivity index (χ1v) is 5.94. The van der Waals surface area contributed by atoms with Crippen molar-refractivity contribution in [1.29, 1.82) is 5.26 Å². The van der Waals surface area contributed by atoms with Crippen molar-refractivity contribution in [3.63, 3.8) is 0 Å². The Bertz CT molecular complexity index is 452. The Morgan fingerprint density at radius 2 is 2.05 bits per heavy atom. The summed E-state index contributed by atoms with van der Waals surface area (Å²) in [6.07, 6.45) is -3.52. The van der Waals surface area contributed by atoms with Crippen molar-refractivity contribution in [2.24, 2.45) is 0 Å². The second kappa shape index (κ2) is 7.00. The molecule has 0 spiro atoms. The molecule has 19 heavy (non-hydrogen) atoms. The molecule has 6 heteroatoms. The van der Waals surface area contributed by atoms with Crippen molar-refractivity contribution in [3.8, 4) is 11.8 Å². The molecular formula is C13H15F3N2O. The summed E-state index contributed by atoms with van der Waals surface area (Å²) in [7, 11) is 0. The molecule has 1 rings (SSSR count). The van der Waals surface area contributed by atoms with Crippen LogP contribution < -0.4 is 10.1 Å². The van der Waals surface area contributed by atoms with Crippen molar-refractivity contribution in [2.45, 2.75) is 19.5 Å². The Morgan fingerprint density at radius 3 is 2.63 bits per heavy atom. The van der Waals surface area contributed by atoms with Crippen LogP contribution >= 0.6 is 0 Å². The summed E-state index contributed by atoms with van der Waals surface area (Å²) in [5, 5.41) is 11.8.